The third-order valence-corrected chi connectivity index (χ3v) is 6.30. The second-order valence-electron chi connectivity index (χ2n) is 8.06. The summed E-state index contributed by atoms with van der Waals surface area (Å²) in [6.45, 7) is 3.15. The largest absolute Gasteiger partial charge is 0.453 e. The maximum Gasteiger partial charge on any atom is 0.453 e. The van der Waals surface area contributed by atoms with E-state index in [4.69, 9.17) is 5.73 Å². The van der Waals surface area contributed by atoms with E-state index in [1.807, 2.05) is 6.07 Å². The number of carbonyl (C=O) groups excluding carboxylic acids is 1. The van der Waals surface area contributed by atoms with Gasteiger partial charge in [0.2, 0.25) is 5.82 Å². The molecule has 1 saturated carbocycles. The Balaban J connectivity index is 1.50. The fourth-order valence-electron chi connectivity index (χ4n) is 4.61. The lowest BCUT2D eigenvalue weighted by Gasteiger charge is -2.44. The van der Waals surface area contributed by atoms with E-state index in [2.05, 4.69) is 35.2 Å². The van der Waals surface area contributed by atoms with Crippen molar-refractivity contribution in [2.75, 3.05) is 13.1 Å². The molecule has 2 aromatic rings. The number of nitrogens with zero attached hydrogens (tertiary/aromatic N) is 4. The number of alkyl halides is 3. The van der Waals surface area contributed by atoms with Crippen LogP contribution in [0.25, 0.3) is 0 Å². The number of aryl methyl sites for hydroxylation is 1. The zero-order valence-electron chi connectivity index (χ0n) is 16.2. The van der Waals surface area contributed by atoms with Crippen molar-refractivity contribution in [3.8, 4) is 0 Å². The summed E-state index contributed by atoms with van der Waals surface area (Å²) in [5, 5.41) is 3.45. The Hall–Kier alpha value is -2.42. The average molecular weight is 407 g/mol. The van der Waals surface area contributed by atoms with E-state index in [1.165, 1.54) is 11.1 Å². The molecule has 1 aliphatic carbocycles. The standard InChI is InChI=1S/C20H24F3N5O/c1-13-3-2-4-14(11-13)19(12-24)7-5-15(6-8-19)27-9-10-28-16(17(27)29)25-18(26-28)20(21,22)23/h2-4,11,15H,5-10,12,24H2,1H3. The predicted octanol–water partition coefficient (Wildman–Crippen LogP) is 2.90. The Kier molecular flexibility index (Phi) is 4.88. The van der Waals surface area contributed by atoms with Crippen LogP contribution in [0.2, 0.25) is 0 Å². The number of benzene rings is 1. The van der Waals surface area contributed by atoms with Crippen LogP contribution in [0.1, 0.15) is 53.3 Å². The number of fused-ring (bicyclic) bond motifs is 1. The van der Waals surface area contributed by atoms with Gasteiger partial charge in [-0.3, -0.25) is 4.79 Å². The smallest absolute Gasteiger partial charge is 0.331 e. The summed E-state index contributed by atoms with van der Waals surface area (Å²) in [5.74, 6) is -1.95. The minimum Gasteiger partial charge on any atom is -0.331 e. The maximum atomic E-state index is 12.9. The fraction of sp³-hybridized carbons (Fsp3) is 0.550. The molecule has 1 aromatic carbocycles. The molecular formula is C20H24F3N5O. The van der Waals surface area contributed by atoms with Crippen LogP contribution in [0.4, 0.5) is 13.2 Å². The van der Waals surface area contributed by atoms with Crippen LogP contribution in [0, 0.1) is 6.92 Å². The highest BCUT2D eigenvalue weighted by atomic mass is 19.4. The van der Waals surface area contributed by atoms with E-state index in [-0.39, 0.29) is 23.8 Å². The third-order valence-electron chi connectivity index (χ3n) is 6.30. The van der Waals surface area contributed by atoms with Crippen molar-refractivity contribution in [1.29, 1.82) is 0 Å². The van der Waals surface area contributed by atoms with Crippen LogP contribution in [-0.2, 0) is 18.1 Å². The fourth-order valence-corrected chi connectivity index (χ4v) is 4.61. The van der Waals surface area contributed by atoms with E-state index in [9.17, 15) is 18.0 Å². The topological polar surface area (TPSA) is 77.0 Å². The van der Waals surface area contributed by atoms with E-state index in [0.29, 0.717) is 13.1 Å². The van der Waals surface area contributed by atoms with Crippen LogP contribution in [0.3, 0.4) is 0 Å². The molecule has 1 amide bonds. The van der Waals surface area contributed by atoms with Crippen LogP contribution < -0.4 is 5.73 Å². The molecule has 29 heavy (non-hydrogen) atoms. The summed E-state index contributed by atoms with van der Waals surface area (Å²) in [7, 11) is 0. The van der Waals surface area contributed by atoms with E-state index < -0.39 is 17.9 Å². The van der Waals surface area contributed by atoms with Gasteiger partial charge in [0.25, 0.3) is 11.7 Å². The second kappa shape index (κ2) is 7.12. The van der Waals surface area contributed by atoms with Crippen molar-refractivity contribution in [1.82, 2.24) is 19.7 Å². The molecule has 6 nitrogen and oxygen atoms in total. The number of halogens is 3. The first kappa shape index (κ1) is 19.9. The molecule has 2 heterocycles. The molecule has 9 heteroatoms. The lowest BCUT2D eigenvalue weighted by atomic mass is 9.67. The monoisotopic (exact) mass is 407 g/mol. The highest BCUT2D eigenvalue weighted by Gasteiger charge is 2.43. The summed E-state index contributed by atoms with van der Waals surface area (Å²) < 4.78 is 39.7. The molecule has 2 aliphatic rings. The maximum absolute atomic E-state index is 12.9. The Morgan fingerprint density at radius 1 is 1.24 bits per heavy atom. The van der Waals surface area contributed by atoms with E-state index in [1.54, 1.807) is 4.90 Å². The first-order chi connectivity index (χ1) is 13.7. The normalized spacial score (nSPS) is 25.2. The molecule has 0 spiro atoms. The molecule has 2 N–H and O–H groups in total. The molecule has 0 unspecified atom stereocenters. The van der Waals surface area contributed by atoms with Gasteiger partial charge in [-0.25, -0.2) is 4.68 Å². The lowest BCUT2D eigenvalue weighted by molar-refractivity contribution is -0.145. The Morgan fingerprint density at radius 3 is 2.59 bits per heavy atom. The Labute approximate surface area is 166 Å². The summed E-state index contributed by atoms with van der Waals surface area (Å²) in [6, 6.07) is 8.34. The number of nitrogens with two attached hydrogens (primary N) is 1. The number of rotatable bonds is 3. The number of aromatic nitrogens is 3. The first-order valence-corrected chi connectivity index (χ1v) is 9.84. The molecular weight excluding hydrogens is 383 g/mol. The Bertz CT molecular complexity index is 915. The van der Waals surface area contributed by atoms with Gasteiger partial charge in [-0.15, -0.1) is 5.10 Å². The first-order valence-electron chi connectivity index (χ1n) is 9.84. The van der Waals surface area contributed by atoms with Gasteiger partial charge < -0.3 is 10.6 Å². The molecule has 0 radical (unpaired) electrons. The predicted molar refractivity (Wildman–Crippen MR) is 100 cm³/mol. The molecule has 0 atom stereocenters. The second-order valence-corrected chi connectivity index (χ2v) is 8.06. The molecule has 0 saturated heterocycles. The molecule has 1 fully saturated rings. The number of hydrogen-bond donors (Lipinski definition) is 1. The average Bonchev–Trinajstić information content (AvgIpc) is 3.14. The quantitative estimate of drug-likeness (QED) is 0.849. The van der Waals surface area contributed by atoms with E-state index >= 15 is 0 Å². The summed E-state index contributed by atoms with van der Waals surface area (Å²) in [4.78, 5) is 17.9. The van der Waals surface area contributed by atoms with Crippen LogP contribution >= 0.6 is 0 Å². The number of hydrogen-bond acceptors (Lipinski definition) is 4. The summed E-state index contributed by atoms with van der Waals surface area (Å²) >= 11 is 0. The van der Waals surface area contributed by atoms with Crippen molar-refractivity contribution in [3.05, 3.63) is 47.0 Å². The zero-order valence-corrected chi connectivity index (χ0v) is 16.2. The van der Waals surface area contributed by atoms with Gasteiger partial charge in [0.15, 0.2) is 0 Å². The SMILES string of the molecule is Cc1cccc(C2(CN)CCC(N3CCn4nc(C(F)(F)F)nc4C3=O)CC2)c1. The van der Waals surface area contributed by atoms with E-state index in [0.717, 1.165) is 30.4 Å². The lowest BCUT2D eigenvalue weighted by Crippen LogP contribution is -2.51. The van der Waals surface area contributed by atoms with Crippen molar-refractivity contribution in [3.63, 3.8) is 0 Å². The molecule has 1 aliphatic heterocycles. The minimum absolute atomic E-state index is 0.0215. The molecule has 1 aromatic heterocycles. The minimum atomic E-state index is -4.66. The van der Waals surface area contributed by atoms with Crippen LogP contribution in [-0.4, -0.2) is 44.7 Å². The van der Waals surface area contributed by atoms with Gasteiger partial charge in [-0.2, -0.15) is 18.2 Å². The highest BCUT2D eigenvalue weighted by molar-refractivity contribution is 5.91. The summed E-state index contributed by atoms with van der Waals surface area (Å²) in [6.07, 6.45) is -1.47. The van der Waals surface area contributed by atoms with Crippen LogP contribution in [0.15, 0.2) is 24.3 Å². The molecule has 156 valence electrons. The van der Waals surface area contributed by atoms with Crippen molar-refractivity contribution in [2.24, 2.45) is 5.73 Å². The Morgan fingerprint density at radius 2 is 1.97 bits per heavy atom. The molecule has 4 rings (SSSR count). The molecule has 0 bridgehead atoms. The number of carbonyl (C=O) groups is 1. The van der Waals surface area contributed by atoms with Gasteiger partial charge >= 0.3 is 6.18 Å². The van der Waals surface area contributed by atoms with Gasteiger partial charge in [0.05, 0.1) is 6.54 Å². The van der Waals surface area contributed by atoms with Crippen LogP contribution in [0.5, 0.6) is 0 Å². The van der Waals surface area contributed by atoms with Crippen molar-refractivity contribution >= 4 is 5.91 Å². The van der Waals surface area contributed by atoms with Crippen molar-refractivity contribution in [2.45, 2.75) is 56.8 Å². The summed E-state index contributed by atoms with van der Waals surface area (Å²) in [5.41, 5.74) is 8.45. The van der Waals surface area contributed by atoms with Gasteiger partial charge in [0, 0.05) is 24.5 Å². The third kappa shape index (κ3) is 3.52. The van der Waals surface area contributed by atoms with Gasteiger partial charge in [0.1, 0.15) is 0 Å². The number of amides is 1. The zero-order chi connectivity index (χ0) is 20.8. The van der Waals surface area contributed by atoms with Gasteiger partial charge in [-0.05, 0) is 38.2 Å². The van der Waals surface area contributed by atoms with Crippen molar-refractivity contribution < 1.29 is 18.0 Å². The highest BCUT2D eigenvalue weighted by Crippen LogP contribution is 2.41. The van der Waals surface area contributed by atoms with Gasteiger partial charge in [-0.1, -0.05) is 29.8 Å².